The van der Waals surface area contributed by atoms with Crippen LogP contribution in [0.5, 0.6) is 0 Å². The van der Waals surface area contributed by atoms with E-state index >= 15 is 0 Å². The van der Waals surface area contributed by atoms with Crippen LogP contribution in [0.3, 0.4) is 0 Å². The fourth-order valence-electron chi connectivity index (χ4n) is 4.83. The van der Waals surface area contributed by atoms with E-state index in [1.807, 2.05) is 6.07 Å². The largest absolute Gasteiger partial charge is 0.377 e. The average molecular weight is 502 g/mol. The topological polar surface area (TPSA) is 139 Å². The smallest absolute Gasteiger partial charge is 0.321 e. The molecular weight excluding hydrogens is 470 g/mol. The predicted molar refractivity (Wildman–Crippen MR) is 131 cm³/mol. The van der Waals surface area contributed by atoms with E-state index < -0.39 is 14.6 Å². The van der Waals surface area contributed by atoms with E-state index in [9.17, 15) is 13.2 Å². The number of rotatable bonds is 6. The third kappa shape index (κ3) is 4.94. The van der Waals surface area contributed by atoms with Crippen molar-refractivity contribution in [3.63, 3.8) is 0 Å². The molecule has 5 rings (SSSR count). The van der Waals surface area contributed by atoms with Crippen LogP contribution in [0, 0.1) is 0 Å². The number of hydrogen-bond acceptors (Lipinski definition) is 9. The molecule has 1 aliphatic heterocycles. The number of anilines is 2. The van der Waals surface area contributed by atoms with Crippen molar-refractivity contribution >= 4 is 27.6 Å². The average Bonchev–Trinajstić information content (AvgIpc) is 3.48. The van der Waals surface area contributed by atoms with E-state index in [4.69, 9.17) is 14.7 Å². The van der Waals surface area contributed by atoms with Crippen LogP contribution < -0.4 is 15.5 Å². The number of hydrogen-bond donors (Lipinski definition) is 2. The quantitative estimate of drug-likeness (QED) is 0.610. The number of nitrogens with one attached hydrogen (secondary N) is 2. The minimum atomic E-state index is -3.42. The Kier molecular flexibility index (Phi) is 6.34. The molecule has 0 unspecified atom stereocenters. The SMILES string of the molecule is C[C@H]1COCCN1c1cc(C2(S(C)(=O)=O)CCCC2)nc(-c2cnc(NC(=O)NC3CC3)nc2)n1. The number of amides is 2. The first-order valence-corrected chi connectivity index (χ1v) is 14.0. The van der Waals surface area contributed by atoms with Gasteiger partial charge in [0.25, 0.3) is 0 Å². The Balaban J connectivity index is 1.51. The summed E-state index contributed by atoms with van der Waals surface area (Å²) in [4.78, 5) is 32.2. The Hall–Kier alpha value is -2.86. The van der Waals surface area contributed by atoms with Crippen LogP contribution in [-0.4, -0.2) is 72.5 Å². The number of aromatic nitrogens is 4. The summed E-state index contributed by atoms with van der Waals surface area (Å²) in [5.41, 5.74) is 1.06. The summed E-state index contributed by atoms with van der Waals surface area (Å²) < 4.78 is 30.6. The zero-order valence-corrected chi connectivity index (χ0v) is 20.8. The van der Waals surface area contributed by atoms with Gasteiger partial charge in [-0.2, -0.15) is 0 Å². The van der Waals surface area contributed by atoms with Crippen LogP contribution in [0.1, 0.15) is 51.1 Å². The first-order valence-electron chi connectivity index (χ1n) is 12.1. The first-order chi connectivity index (χ1) is 16.7. The maximum atomic E-state index is 13.0. The molecule has 3 aliphatic rings. The molecule has 0 spiro atoms. The van der Waals surface area contributed by atoms with Crippen molar-refractivity contribution < 1.29 is 17.9 Å². The number of urea groups is 1. The molecule has 2 amide bonds. The highest BCUT2D eigenvalue weighted by Crippen LogP contribution is 2.45. The number of carbonyl (C=O) groups excluding carboxylic acids is 1. The van der Waals surface area contributed by atoms with Gasteiger partial charge < -0.3 is 15.0 Å². The molecule has 3 fully saturated rings. The van der Waals surface area contributed by atoms with Gasteiger partial charge in [-0.15, -0.1) is 0 Å². The molecule has 0 bridgehead atoms. The van der Waals surface area contributed by atoms with Crippen LogP contribution in [-0.2, 0) is 19.3 Å². The molecule has 12 heteroatoms. The van der Waals surface area contributed by atoms with Gasteiger partial charge in [0.15, 0.2) is 15.7 Å². The van der Waals surface area contributed by atoms with Crippen molar-refractivity contribution in [3.05, 3.63) is 24.2 Å². The molecule has 2 aromatic heterocycles. The maximum absolute atomic E-state index is 13.0. The number of nitrogens with zero attached hydrogens (tertiary/aromatic N) is 5. The van der Waals surface area contributed by atoms with E-state index in [1.54, 1.807) is 12.4 Å². The van der Waals surface area contributed by atoms with Crippen LogP contribution in [0.2, 0.25) is 0 Å². The van der Waals surface area contributed by atoms with Gasteiger partial charge in [0.1, 0.15) is 10.6 Å². The molecule has 0 radical (unpaired) electrons. The number of ether oxygens (including phenoxy) is 1. The maximum Gasteiger partial charge on any atom is 0.321 e. The highest BCUT2D eigenvalue weighted by atomic mass is 32.2. The van der Waals surface area contributed by atoms with Gasteiger partial charge in [-0.1, -0.05) is 12.8 Å². The second-order valence-corrected chi connectivity index (χ2v) is 12.0. The van der Waals surface area contributed by atoms with Gasteiger partial charge in [-0.3, -0.25) is 5.32 Å². The summed E-state index contributed by atoms with van der Waals surface area (Å²) >= 11 is 0. The van der Waals surface area contributed by atoms with Gasteiger partial charge in [0, 0.05) is 37.3 Å². The molecule has 1 saturated heterocycles. The lowest BCUT2D eigenvalue weighted by Gasteiger charge is -2.35. The van der Waals surface area contributed by atoms with E-state index in [2.05, 4.69) is 32.4 Å². The molecule has 2 saturated carbocycles. The van der Waals surface area contributed by atoms with E-state index in [0.29, 0.717) is 55.5 Å². The number of morpholine rings is 1. The lowest BCUT2D eigenvalue weighted by molar-refractivity contribution is 0.0985. The van der Waals surface area contributed by atoms with Gasteiger partial charge >= 0.3 is 6.03 Å². The Bertz CT molecular complexity index is 1190. The van der Waals surface area contributed by atoms with E-state index in [-0.39, 0.29) is 24.1 Å². The predicted octanol–water partition coefficient (Wildman–Crippen LogP) is 2.26. The third-order valence-electron chi connectivity index (χ3n) is 7.01. The lowest BCUT2D eigenvalue weighted by atomic mass is 10.0. The Morgan fingerprint density at radius 1 is 1.17 bits per heavy atom. The van der Waals surface area contributed by atoms with Gasteiger partial charge in [0.05, 0.1) is 30.5 Å². The first kappa shape index (κ1) is 23.9. The van der Waals surface area contributed by atoms with Crippen molar-refractivity contribution in [2.24, 2.45) is 0 Å². The minimum Gasteiger partial charge on any atom is -0.377 e. The summed E-state index contributed by atoms with van der Waals surface area (Å²) in [6.07, 6.45) is 9.11. The second-order valence-electron chi connectivity index (χ2n) is 9.69. The molecule has 3 heterocycles. The highest BCUT2D eigenvalue weighted by molar-refractivity contribution is 7.91. The van der Waals surface area contributed by atoms with Gasteiger partial charge in [-0.25, -0.2) is 33.1 Å². The van der Waals surface area contributed by atoms with E-state index in [0.717, 1.165) is 25.7 Å². The molecule has 11 nitrogen and oxygen atoms in total. The summed E-state index contributed by atoms with van der Waals surface area (Å²) in [5, 5.41) is 5.45. The van der Waals surface area contributed by atoms with Gasteiger partial charge in [0.2, 0.25) is 5.95 Å². The second kappa shape index (κ2) is 9.30. The minimum absolute atomic E-state index is 0.0879. The molecule has 0 aromatic carbocycles. The van der Waals surface area contributed by atoms with Crippen LogP contribution in [0.4, 0.5) is 16.6 Å². The standard InChI is InChI=1S/C23H31N7O4S/c1-15-14-34-10-9-30(15)19-11-18(23(35(2,32)33)7-3-4-8-23)27-20(28-19)16-12-24-21(25-13-16)29-22(31)26-17-5-6-17/h11-13,15,17H,3-10,14H2,1-2H3,(H2,24,25,26,29,31)/t15-/m0/s1. The van der Waals surface area contributed by atoms with Crippen molar-refractivity contribution in [2.75, 3.05) is 36.2 Å². The molecule has 35 heavy (non-hydrogen) atoms. The molecular formula is C23H31N7O4S. The normalized spacial score (nSPS) is 22.1. The molecule has 2 N–H and O–H groups in total. The molecule has 2 aromatic rings. The summed E-state index contributed by atoms with van der Waals surface area (Å²) in [7, 11) is -3.42. The third-order valence-corrected chi connectivity index (χ3v) is 9.05. The van der Waals surface area contributed by atoms with Crippen molar-refractivity contribution in [3.8, 4) is 11.4 Å². The van der Waals surface area contributed by atoms with Gasteiger partial charge in [-0.05, 0) is 32.6 Å². The molecule has 1 atom stereocenters. The fourth-order valence-corrected chi connectivity index (χ4v) is 6.35. The number of sulfone groups is 1. The number of carbonyl (C=O) groups is 1. The van der Waals surface area contributed by atoms with Crippen molar-refractivity contribution in [2.45, 2.75) is 62.3 Å². The summed E-state index contributed by atoms with van der Waals surface area (Å²) in [6.45, 7) is 3.85. The fraction of sp³-hybridized carbons (Fsp3) is 0.609. The van der Waals surface area contributed by atoms with Crippen LogP contribution in [0.25, 0.3) is 11.4 Å². The summed E-state index contributed by atoms with van der Waals surface area (Å²) in [5.74, 6) is 1.20. The Morgan fingerprint density at radius 3 is 2.51 bits per heavy atom. The zero-order chi connectivity index (χ0) is 24.6. The van der Waals surface area contributed by atoms with E-state index in [1.165, 1.54) is 6.26 Å². The lowest BCUT2D eigenvalue weighted by Crippen LogP contribution is -2.44. The monoisotopic (exact) mass is 501 g/mol. The molecule has 2 aliphatic carbocycles. The molecule has 188 valence electrons. The van der Waals surface area contributed by atoms with Crippen LogP contribution >= 0.6 is 0 Å². The Labute approximate surface area is 205 Å². The Morgan fingerprint density at radius 2 is 1.89 bits per heavy atom. The zero-order valence-electron chi connectivity index (χ0n) is 20.0. The van der Waals surface area contributed by atoms with Crippen LogP contribution in [0.15, 0.2) is 18.5 Å². The van der Waals surface area contributed by atoms with Crippen molar-refractivity contribution in [1.82, 2.24) is 25.3 Å². The summed E-state index contributed by atoms with van der Waals surface area (Å²) in [6, 6.07) is 1.81. The van der Waals surface area contributed by atoms with Crippen molar-refractivity contribution in [1.29, 1.82) is 0 Å². The highest BCUT2D eigenvalue weighted by Gasteiger charge is 2.47.